The van der Waals surface area contributed by atoms with Gasteiger partial charge in [-0.25, -0.2) is 0 Å². The second-order valence-corrected chi connectivity index (χ2v) is 7.33. The normalized spacial score (nSPS) is 18.8. The van der Waals surface area contributed by atoms with Crippen molar-refractivity contribution >= 4 is 21.4 Å². The summed E-state index contributed by atoms with van der Waals surface area (Å²) < 4.78 is 1.37. The summed E-state index contributed by atoms with van der Waals surface area (Å²) in [6, 6.07) is 8.82. The van der Waals surface area contributed by atoms with Gasteiger partial charge in [0.1, 0.15) is 0 Å². The van der Waals surface area contributed by atoms with Crippen molar-refractivity contribution in [3.63, 3.8) is 0 Å². The number of nitrogens with two attached hydrogens (primary N) is 1. The molecule has 1 atom stereocenters. The third-order valence-corrected chi connectivity index (χ3v) is 5.84. The third-order valence-electron chi connectivity index (χ3n) is 4.83. The second kappa shape index (κ2) is 5.47. The number of nitrogens with zero attached hydrogens (tertiary/aromatic N) is 1. The lowest BCUT2D eigenvalue weighted by molar-refractivity contribution is 0.124. The van der Waals surface area contributed by atoms with Crippen LogP contribution in [0.15, 0.2) is 29.6 Å². The van der Waals surface area contributed by atoms with Crippen LogP contribution in [-0.2, 0) is 6.42 Å². The van der Waals surface area contributed by atoms with Gasteiger partial charge in [0.05, 0.1) is 0 Å². The van der Waals surface area contributed by atoms with E-state index in [0.29, 0.717) is 0 Å². The predicted octanol–water partition coefficient (Wildman–Crippen LogP) is 3.65. The van der Waals surface area contributed by atoms with E-state index in [-0.39, 0.29) is 11.6 Å². The standard InChI is InChI=1S/C17H24N2S/c1-17(2,19-9-5-6-10-19)16(18)11-13-12-20-15-8-4-3-7-14(13)15/h3-4,7-8,12,16H,5-6,9-11,18H2,1-2H3. The number of fused-ring (bicyclic) bond motifs is 1. The smallest absolute Gasteiger partial charge is 0.0345 e. The van der Waals surface area contributed by atoms with Crippen LogP contribution in [0.5, 0.6) is 0 Å². The number of hydrogen-bond acceptors (Lipinski definition) is 3. The van der Waals surface area contributed by atoms with Crippen molar-refractivity contribution in [3.8, 4) is 0 Å². The zero-order valence-electron chi connectivity index (χ0n) is 12.4. The quantitative estimate of drug-likeness (QED) is 0.930. The first-order chi connectivity index (χ1) is 9.59. The van der Waals surface area contributed by atoms with E-state index in [1.165, 1.54) is 41.6 Å². The van der Waals surface area contributed by atoms with E-state index in [4.69, 9.17) is 5.73 Å². The molecular weight excluding hydrogens is 264 g/mol. The van der Waals surface area contributed by atoms with Gasteiger partial charge in [-0.1, -0.05) is 18.2 Å². The molecule has 0 aliphatic carbocycles. The molecule has 2 heterocycles. The van der Waals surface area contributed by atoms with Gasteiger partial charge in [-0.3, -0.25) is 4.90 Å². The lowest BCUT2D eigenvalue weighted by Crippen LogP contribution is -2.55. The summed E-state index contributed by atoms with van der Waals surface area (Å²) in [7, 11) is 0. The van der Waals surface area contributed by atoms with Gasteiger partial charge in [-0.15, -0.1) is 11.3 Å². The van der Waals surface area contributed by atoms with E-state index in [1.807, 2.05) is 11.3 Å². The molecule has 1 fully saturated rings. The van der Waals surface area contributed by atoms with Gasteiger partial charge in [0.2, 0.25) is 0 Å². The van der Waals surface area contributed by atoms with Crippen LogP contribution < -0.4 is 5.73 Å². The first-order valence-corrected chi connectivity index (χ1v) is 8.43. The minimum absolute atomic E-state index is 0.0829. The lowest BCUT2D eigenvalue weighted by atomic mass is 9.88. The van der Waals surface area contributed by atoms with Crippen molar-refractivity contribution in [1.29, 1.82) is 0 Å². The first kappa shape index (κ1) is 14.1. The first-order valence-electron chi connectivity index (χ1n) is 7.55. The Morgan fingerprint density at radius 1 is 1.25 bits per heavy atom. The summed E-state index contributed by atoms with van der Waals surface area (Å²) >= 11 is 1.83. The van der Waals surface area contributed by atoms with Crippen molar-refractivity contribution in [2.75, 3.05) is 13.1 Å². The van der Waals surface area contributed by atoms with Crippen molar-refractivity contribution < 1.29 is 0 Å². The number of benzene rings is 1. The highest BCUT2D eigenvalue weighted by Gasteiger charge is 2.34. The number of rotatable bonds is 4. The molecule has 1 aromatic heterocycles. The Bertz CT molecular complexity index is 581. The van der Waals surface area contributed by atoms with Gasteiger partial charge >= 0.3 is 0 Å². The Balaban J connectivity index is 1.79. The molecule has 2 aromatic rings. The maximum atomic E-state index is 6.58. The third kappa shape index (κ3) is 2.50. The van der Waals surface area contributed by atoms with Crippen LogP contribution in [0.2, 0.25) is 0 Å². The van der Waals surface area contributed by atoms with Crippen molar-refractivity contribution in [2.24, 2.45) is 5.73 Å². The number of thiophene rings is 1. The number of likely N-dealkylation sites (tertiary alicyclic amines) is 1. The molecule has 108 valence electrons. The highest BCUT2D eigenvalue weighted by atomic mass is 32.1. The topological polar surface area (TPSA) is 29.3 Å². The van der Waals surface area contributed by atoms with Crippen LogP contribution in [0.25, 0.3) is 10.1 Å². The monoisotopic (exact) mass is 288 g/mol. The summed E-state index contributed by atoms with van der Waals surface area (Å²) in [6.45, 7) is 7.01. The van der Waals surface area contributed by atoms with Crippen LogP contribution in [0.1, 0.15) is 32.3 Å². The van der Waals surface area contributed by atoms with Crippen LogP contribution in [0.3, 0.4) is 0 Å². The van der Waals surface area contributed by atoms with Crippen molar-refractivity contribution in [2.45, 2.75) is 44.7 Å². The molecule has 3 rings (SSSR count). The molecule has 1 aliphatic rings. The van der Waals surface area contributed by atoms with Gasteiger partial charge in [-0.2, -0.15) is 0 Å². The Morgan fingerprint density at radius 3 is 2.70 bits per heavy atom. The van der Waals surface area contributed by atoms with Crippen LogP contribution >= 0.6 is 11.3 Å². The van der Waals surface area contributed by atoms with Crippen LogP contribution in [0, 0.1) is 0 Å². The predicted molar refractivity (Wildman–Crippen MR) is 88.4 cm³/mol. The summed E-state index contributed by atoms with van der Waals surface area (Å²) in [5.41, 5.74) is 8.07. The Morgan fingerprint density at radius 2 is 1.95 bits per heavy atom. The van der Waals surface area contributed by atoms with E-state index in [9.17, 15) is 0 Å². The van der Waals surface area contributed by atoms with E-state index < -0.39 is 0 Å². The van der Waals surface area contributed by atoms with Crippen molar-refractivity contribution in [1.82, 2.24) is 4.90 Å². The summed E-state index contributed by atoms with van der Waals surface area (Å²) in [6.07, 6.45) is 3.60. The fraction of sp³-hybridized carbons (Fsp3) is 0.529. The Hall–Kier alpha value is -0.900. The SMILES string of the molecule is CC(C)(C(N)Cc1csc2ccccc12)N1CCCC1. The fourth-order valence-electron chi connectivity index (χ4n) is 3.21. The minimum Gasteiger partial charge on any atom is -0.326 e. The molecule has 20 heavy (non-hydrogen) atoms. The molecule has 0 spiro atoms. The van der Waals surface area contributed by atoms with Gasteiger partial charge < -0.3 is 5.73 Å². The molecule has 0 bridgehead atoms. The molecule has 1 unspecified atom stereocenters. The molecule has 1 aliphatic heterocycles. The maximum Gasteiger partial charge on any atom is 0.0345 e. The second-order valence-electron chi connectivity index (χ2n) is 6.42. The molecule has 2 N–H and O–H groups in total. The average molecular weight is 288 g/mol. The molecule has 0 amide bonds. The zero-order valence-corrected chi connectivity index (χ0v) is 13.2. The molecule has 0 saturated carbocycles. The largest absolute Gasteiger partial charge is 0.326 e. The molecule has 0 radical (unpaired) electrons. The number of hydrogen-bond donors (Lipinski definition) is 1. The summed E-state index contributed by atoms with van der Waals surface area (Å²) in [5.74, 6) is 0. The molecule has 3 heteroatoms. The molecule has 2 nitrogen and oxygen atoms in total. The van der Waals surface area contributed by atoms with Crippen molar-refractivity contribution in [3.05, 3.63) is 35.2 Å². The Labute approximate surface area is 125 Å². The average Bonchev–Trinajstić information content (AvgIpc) is 3.09. The minimum atomic E-state index is 0.0829. The van der Waals surface area contributed by atoms with E-state index in [1.54, 1.807) is 0 Å². The summed E-state index contributed by atoms with van der Waals surface area (Å²) in [4.78, 5) is 2.56. The molecular formula is C17H24N2S. The zero-order chi connectivity index (χ0) is 14.2. The van der Waals surface area contributed by atoms with Gasteiger partial charge in [0.25, 0.3) is 0 Å². The van der Waals surface area contributed by atoms with Crippen LogP contribution in [-0.4, -0.2) is 29.6 Å². The fourth-order valence-corrected chi connectivity index (χ4v) is 4.18. The highest BCUT2D eigenvalue weighted by molar-refractivity contribution is 7.17. The van der Waals surface area contributed by atoms with E-state index in [2.05, 4.69) is 48.4 Å². The van der Waals surface area contributed by atoms with Gasteiger partial charge in [0.15, 0.2) is 0 Å². The molecule has 1 saturated heterocycles. The molecule has 1 aromatic carbocycles. The Kier molecular flexibility index (Phi) is 3.85. The lowest BCUT2D eigenvalue weighted by Gasteiger charge is -2.40. The van der Waals surface area contributed by atoms with Gasteiger partial charge in [0, 0.05) is 16.3 Å². The summed E-state index contributed by atoms with van der Waals surface area (Å²) in [5, 5.41) is 3.66. The highest BCUT2D eigenvalue weighted by Crippen LogP contribution is 2.30. The van der Waals surface area contributed by atoms with E-state index in [0.717, 1.165) is 6.42 Å². The van der Waals surface area contributed by atoms with Gasteiger partial charge in [-0.05, 0) is 68.6 Å². The van der Waals surface area contributed by atoms with E-state index >= 15 is 0 Å². The van der Waals surface area contributed by atoms with Crippen LogP contribution in [0.4, 0.5) is 0 Å². The maximum absolute atomic E-state index is 6.58.